The molecule has 5 heteroatoms. The Morgan fingerprint density at radius 2 is 1.88 bits per heavy atom. The summed E-state index contributed by atoms with van der Waals surface area (Å²) in [6, 6.07) is 21.0. The molecule has 0 aromatic heterocycles. The smallest absolute Gasteiger partial charge is 0.277 e. The average molecular weight is 334 g/mol. The van der Waals surface area contributed by atoms with Gasteiger partial charge in [0.2, 0.25) is 0 Å². The first-order valence-electron chi connectivity index (χ1n) is 7.83. The molecule has 3 aromatic carbocycles. The maximum absolute atomic E-state index is 11.9. The molecule has 0 aliphatic carbocycles. The number of benzene rings is 3. The van der Waals surface area contributed by atoms with Crippen molar-refractivity contribution in [3.63, 3.8) is 0 Å². The molecule has 1 amide bonds. The van der Waals surface area contributed by atoms with Gasteiger partial charge in [-0.3, -0.25) is 4.79 Å². The summed E-state index contributed by atoms with van der Waals surface area (Å²) in [5.74, 6) is 1.08. The molecule has 3 rings (SSSR count). The van der Waals surface area contributed by atoms with Crippen LogP contribution in [0.1, 0.15) is 5.56 Å². The number of nitrogens with zero attached hydrogens (tertiary/aromatic N) is 1. The van der Waals surface area contributed by atoms with Gasteiger partial charge < -0.3 is 9.47 Å². The molecule has 0 aliphatic rings. The molecular formula is C20H18N2O3. The summed E-state index contributed by atoms with van der Waals surface area (Å²) in [6.45, 7) is -0.108. The Hall–Kier alpha value is -3.34. The lowest BCUT2D eigenvalue weighted by Crippen LogP contribution is -2.24. The molecule has 0 heterocycles. The summed E-state index contributed by atoms with van der Waals surface area (Å²) >= 11 is 0. The van der Waals surface area contributed by atoms with E-state index in [1.165, 1.54) is 0 Å². The highest BCUT2D eigenvalue weighted by atomic mass is 16.5. The summed E-state index contributed by atoms with van der Waals surface area (Å²) in [6.07, 6.45) is 1.55. The minimum Gasteiger partial charge on any atom is -0.497 e. The Morgan fingerprint density at radius 1 is 1.08 bits per heavy atom. The van der Waals surface area contributed by atoms with Gasteiger partial charge in [-0.25, -0.2) is 5.43 Å². The monoisotopic (exact) mass is 334 g/mol. The zero-order valence-electron chi connectivity index (χ0n) is 13.8. The van der Waals surface area contributed by atoms with Gasteiger partial charge in [-0.2, -0.15) is 5.10 Å². The lowest BCUT2D eigenvalue weighted by molar-refractivity contribution is -0.123. The molecular weight excluding hydrogens is 316 g/mol. The van der Waals surface area contributed by atoms with Crippen LogP contribution in [-0.2, 0) is 4.79 Å². The number of rotatable bonds is 6. The predicted octanol–water partition coefficient (Wildman–Crippen LogP) is 3.38. The van der Waals surface area contributed by atoms with Gasteiger partial charge in [0.1, 0.15) is 11.5 Å². The van der Waals surface area contributed by atoms with E-state index in [1.54, 1.807) is 13.3 Å². The van der Waals surface area contributed by atoms with Crippen LogP contribution in [0, 0.1) is 0 Å². The SMILES string of the molecule is COc1cccc(C=NNC(=O)COc2cccc3ccccc23)c1. The Balaban J connectivity index is 1.56. The Morgan fingerprint density at radius 3 is 2.76 bits per heavy atom. The van der Waals surface area contributed by atoms with Crippen LogP contribution in [0.2, 0.25) is 0 Å². The van der Waals surface area contributed by atoms with Gasteiger partial charge in [-0.1, -0.05) is 48.5 Å². The minimum atomic E-state index is -0.327. The van der Waals surface area contributed by atoms with Crippen LogP contribution in [0.15, 0.2) is 71.8 Å². The van der Waals surface area contributed by atoms with Crippen molar-refractivity contribution in [3.8, 4) is 11.5 Å². The molecule has 0 unspecified atom stereocenters. The lowest BCUT2D eigenvalue weighted by Gasteiger charge is -2.08. The largest absolute Gasteiger partial charge is 0.497 e. The normalized spacial score (nSPS) is 10.8. The number of carbonyl (C=O) groups is 1. The van der Waals surface area contributed by atoms with Gasteiger partial charge in [-0.15, -0.1) is 0 Å². The molecule has 0 spiro atoms. The van der Waals surface area contributed by atoms with Crippen molar-refractivity contribution in [1.29, 1.82) is 0 Å². The third-order valence-electron chi connectivity index (χ3n) is 3.61. The Kier molecular flexibility index (Phi) is 5.26. The number of hydrazone groups is 1. The molecule has 0 saturated carbocycles. The fraction of sp³-hybridized carbons (Fsp3) is 0.100. The van der Waals surface area contributed by atoms with E-state index in [0.717, 1.165) is 22.1 Å². The summed E-state index contributed by atoms with van der Waals surface area (Å²) in [4.78, 5) is 11.9. The molecule has 5 nitrogen and oxygen atoms in total. The number of carbonyl (C=O) groups excluding carboxylic acids is 1. The maximum atomic E-state index is 11.9. The quantitative estimate of drug-likeness (QED) is 0.555. The molecule has 0 bridgehead atoms. The van der Waals surface area contributed by atoms with Gasteiger partial charge in [0.15, 0.2) is 6.61 Å². The molecule has 0 radical (unpaired) electrons. The Bertz CT molecular complexity index is 901. The van der Waals surface area contributed by atoms with Gasteiger partial charge in [0.25, 0.3) is 5.91 Å². The predicted molar refractivity (Wildman–Crippen MR) is 98.2 cm³/mol. The van der Waals surface area contributed by atoms with Crippen LogP contribution < -0.4 is 14.9 Å². The zero-order chi connectivity index (χ0) is 17.5. The van der Waals surface area contributed by atoms with Crippen molar-refractivity contribution in [2.24, 2.45) is 5.10 Å². The second kappa shape index (κ2) is 7.97. The standard InChI is InChI=1S/C20H18N2O3/c1-24-17-9-4-6-15(12-17)13-21-22-20(23)14-25-19-11-5-8-16-7-2-3-10-18(16)19/h2-13H,14H2,1H3,(H,22,23). The van der Waals surface area contributed by atoms with Gasteiger partial charge in [-0.05, 0) is 29.1 Å². The number of hydrogen-bond acceptors (Lipinski definition) is 4. The summed E-state index contributed by atoms with van der Waals surface area (Å²) in [7, 11) is 1.60. The van der Waals surface area contributed by atoms with E-state index >= 15 is 0 Å². The number of fused-ring (bicyclic) bond motifs is 1. The topological polar surface area (TPSA) is 59.9 Å². The fourth-order valence-electron chi connectivity index (χ4n) is 2.40. The number of hydrogen-bond donors (Lipinski definition) is 1. The summed E-state index contributed by atoms with van der Waals surface area (Å²) in [5, 5.41) is 5.97. The third-order valence-corrected chi connectivity index (χ3v) is 3.61. The highest BCUT2D eigenvalue weighted by Crippen LogP contribution is 2.24. The summed E-state index contributed by atoms with van der Waals surface area (Å²) in [5.41, 5.74) is 3.28. The molecule has 25 heavy (non-hydrogen) atoms. The molecule has 3 aromatic rings. The van der Waals surface area contributed by atoms with E-state index in [4.69, 9.17) is 9.47 Å². The molecule has 126 valence electrons. The number of amides is 1. The highest BCUT2D eigenvalue weighted by Gasteiger charge is 2.04. The van der Waals surface area contributed by atoms with E-state index in [0.29, 0.717) is 5.75 Å². The molecule has 0 saturated heterocycles. The van der Waals surface area contributed by atoms with Crippen molar-refractivity contribution >= 4 is 22.9 Å². The first kappa shape index (κ1) is 16.5. The van der Waals surface area contributed by atoms with Crippen molar-refractivity contribution in [2.75, 3.05) is 13.7 Å². The van der Waals surface area contributed by atoms with E-state index in [9.17, 15) is 4.79 Å². The van der Waals surface area contributed by atoms with Crippen molar-refractivity contribution in [1.82, 2.24) is 5.43 Å². The zero-order valence-corrected chi connectivity index (χ0v) is 13.8. The van der Waals surface area contributed by atoms with Gasteiger partial charge in [0, 0.05) is 5.39 Å². The number of ether oxygens (including phenoxy) is 2. The minimum absolute atomic E-state index is 0.108. The maximum Gasteiger partial charge on any atom is 0.277 e. The van der Waals surface area contributed by atoms with Gasteiger partial charge in [0.05, 0.1) is 13.3 Å². The van der Waals surface area contributed by atoms with Crippen LogP contribution in [0.4, 0.5) is 0 Å². The lowest BCUT2D eigenvalue weighted by atomic mass is 10.1. The van der Waals surface area contributed by atoms with E-state index in [-0.39, 0.29) is 12.5 Å². The van der Waals surface area contributed by atoms with Crippen molar-refractivity contribution < 1.29 is 14.3 Å². The van der Waals surface area contributed by atoms with Crippen LogP contribution in [0.3, 0.4) is 0 Å². The van der Waals surface area contributed by atoms with E-state index < -0.39 is 0 Å². The molecule has 0 aliphatic heterocycles. The van der Waals surface area contributed by atoms with E-state index in [1.807, 2.05) is 66.7 Å². The first-order valence-corrected chi connectivity index (χ1v) is 7.83. The molecule has 0 fully saturated rings. The Labute approximate surface area is 145 Å². The van der Waals surface area contributed by atoms with Crippen LogP contribution in [-0.4, -0.2) is 25.8 Å². The second-order valence-corrected chi connectivity index (χ2v) is 5.34. The molecule has 0 atom stereocenters. The summed E-state index contributed by atoms with van der Waals surface area (Å²) < 4.78 is 10.8. The van der Waals surface area contributed by atoms with Crippen LogP contribution in [0.5, 0.6) is 11.5 Å². The third kappa shape index (κ3) is 4.35. The number of methoxy groups -OCH3 is 1. The van der Waals surface area contributed by atoms with Crippen molar-refractivity contribution in [3.05, 3.63) is 72.3 Å². The van der Waals surface area contributed by atoms with Crippen LogP contribution in [0.25, 0.3) is 10.8 Å². The molecule has 1 N–H and O–H groups in total. The number of nitrogens with one attached hydrogen (secondary N) is 1. The first-order chi connectivity index (χ1) is 12.3. The van der Waals surface area contributed by atoms with Gasteiger partial charge >= 0.3 is 0 Å². The van der Waals surface area contributed by atoms with E-state index in [2.05, 4.69) is 10.5 Å². The van der Waals surface area contributed by atoms with Crippen LogP contribution >= 0.6 is 0 Å². The average Bonchev–Trinajstić information content (AvgIpc) is 2.66. The highest BCUT2D eigenvalue weighted by molar-refractivity contribution is 5.89. The van der Waals surface area contributed by atoms with Crippen molar-refractivity contribution in [2.45, 2.75) is 0 Å². The second-order valence-electron chi connectivity index (χ2n) is 5.34. The fourth-order valence-corrected chi connectivity index (χ4v) is 2.40.